The van der Waals surface area contributed by atoms with Gasteiger partial charge >= 0.3 is 6.03 Å². The van der Waals surface area contributed by atoms with Crippen molar-refractivity contribution >= 4 is 56.8 Å². The summed E-state index contributed by atoms with van der Waals surface area (Å²) in [6, 6.07) is 5.92. The number of pyridine rings is 1. The highest BCUT2D eigenvalue weighted by molar-refractivity contribution is 7.20. The standard InChI is InChI=1S/C30H30N6O6S/c1-35(26(15-6-7-15)28-34-25-21(42-16-4-3-5-16)12-17(41-2)13-22(25)43-28)30(40)32-23-10-8-18-19(31-23)14-36(29(18)39)20-9-11-24(37)33-27(20)38/h8,10,12-13,15-16,20H,3-7,9,11,14H2,1-2H3,(H-,31,32,33,37,38,39,40)/p+1/b35-26-. The van der Waals surface area contributed by atoms with Gasteiger partial charge in [-0.3, -0.25) is 19.7 Å². The van der Waals surface area contributed by atoms with E-state index in [1.54, 1.807) is 30.9 Å². The number of piperidine rings is 1. The van der Waals surface area contributed by atoms with E-state index in [2.05, 4.69) is 15.6 Å². The fourth-order valence-electron chi connectivity index (χ4n) is 5.72. The molecule has 0 bridgehead atoms. The van der Waals surface area contributed by atoms with Crippen LogP contribution in [-0.2, 0) is 16.1 Å². The number of aromatic nitrogens is 2. The van der Waals surface area contributed by atoms with Gasteiger partial charge in [-0.05, 0) is 50.7 Å². The maximum Gasteiger partial charge on any atom is 0.497 e. The second-order valence-electron chi connectivity index (χ2n) is 11.4. The summed E-state index contributed by atoms with van der Waals surface area (Å²) in [7, 11) is 3.36. The summed E-state index contributed by atoms with van der Waals surface area (Å²) in [5.41, 5.74) is 2.46. The molecular formula is C30H31N6O6S+. The van der Waals surface area contributed by atoms with Gasteiger partial charge in [0.2, 0.25) is 17.6 Å². The molecule has 12 nitrogen and oxygen atoms in total. The number of fused-ring (bicyclic) bond motifs is 2. The fourth-order valence-corrected chi connectivity index (χ4v) is 6.89. The molecule has 3 aromatic rings. The van der Waals surface area contributed by atoms with E-state index in [1.165, 1.54) is 16.2 Å². The molecule has 1 atom stereocenters. The first-order valence-electron chi connectivity index (χ1n) is 14.5. The first kappa shape index (κ1) is 27.4. The Morgan fingerprint density at radius 1 is 1.12 bits per heavy atom. The van der Waals surface area contributed by atoms with Crippen molar-refractivity contribution in [2.75, 3.05) is 19.5 Å². The number of thiazole rings is 1. The molecule has 2 saturated carbocycles. The van der Waals surface area contributed by atoms with E-state index in [1.807, 2.05) is 12.1 Å². The monoisotopic (exact) mass is 603 g/mol. The lowest BCUT2D eigenvalue weighted by atomic mass is 9.96. The number of benzene rings is 1. The Hall–Kier alpha value is -4.39. The normalized spacial score (nSPS) is 20.8. The molecule has 1 aromatic carbocycles. The third kappa shape index (κ3) is 5.11. The van der Waals surface area contributed by atoms with Crippen molar-refractivity contribution in [3.05, 3.63) is 40.5 Å². The van der Waals surface area contributed by atoms with Crippen molar-refractivity contribution in [1.29, 1.82) is 0 Å². The second-order valence-corrected chi connectivity index (χ2v) is 12.4. The van der Waals surface area contributed by atoms with Gasteiger partial charge < -0.3 is 14.4 Å². The molecule has 2 aliphatic heterocycles. The van der Waals surface area contributed by atoms with Crippen LogP contribution >= 0.6 is 11.3 Å². The number of methoxy groups -OCH3 is 1. The predicted octanol–water partition coefficient (Wildman–Crippen LogP) is 3.47. The number of amides is 5. The molecule has 5 amide bonds. The number of nitrogens with zero attached hydrogens (tertiary/aromatic N) is 4. The van der Waals surface area contributed by atoms with Crippen LogP contribution in [0.4, 0.5) is 10.6 Å². The van der Waals surface area contributed by atoms with Crippen molar-refractivity contribution in [1.82, 2.24) is 20.2 Å². The summed E-state index contributed by atoms with van der Waals surface area (Å²) < 4.78 is 14.3. The molecule has 13 heteroatoms. The van der Waals surface area contributed by atoms with Gasteiger partial charge in [-0.1, -0.05) is 0 Å². The SMILES string of the molecule is COc1cc(OC2CCC2)c2nc(/C(C3CC3)=[N+](/C)C(=O)Nc3ccc4c(n3)CN(C3CCC(=O)NC3=O)C4=O)sc2c1. The molecule has 4 heterocycles. The summed E-state index contributed by atoms with van der Waals surface area (Å²) in [5.74, 6) is 0.777. The van der Waals surface area contributed by atoms with Gasteiger partial charge in [-0.15, -0.1) is 11.3 Å². The molecule has 3 fully saturated rings. The van der Waals surface area contributed by atoms with Crippen LogP contribution in [0.15, 0.2) is 24.3 Å². The fraction of sp³-hybridized carbons (Fsp3) is 0.433. The van der Waals surface area contributed by atoms with Crippen LogP contribution in [0.1, 0.15) is 66.0 Å². The van der Waals surface area contributed by atoms with E-state index in [-0.39, 0.29) is 49.3 Å². The largest absolute Gasteiger partial charge is 0.497 e. The third-order valence-electron chi connectivity index (χ3n) is 8.47. The molecule has 1 saturated heterocycles. The lowest BCUT2D eigenvalue weighted by molar-refractivity contribution is -0.389. The van der Waals surface area contributed by atoms with Crippen LogP contribution in [0.2, 0.25) is 0 Å². The predicted molar refractivity (Wildman–Crippen MR) is 157 cm³/mol. The Morgan fingerprint density at radius 2 is 1.93 bits per heavy atom. The molecular weight excluding hydrogens is 572 g/mol. The zero-order chi connectivity index (χ0) is 29.8. The van der Waals surface area contributed by atoms with Crippen molar-refractivity contribution in [3.8, 4) is 11.5 Å². The summed E-state index contributed by atoms with van der Waals surface area (Å²) in [4.78, 5) is 61.4. The van der Waals surface area contributed by atoms with Gasteiger partial charge in [0.15, 0.2) is 10.8 Å². The first-order valence-corrected chi connectivity index (χ1v) is 15.3. The number of imide groups is 1. The highest BCUT2D eigenvalue weighted by Crippen LogP contribution is 2.40. The zero-order valence-electron chi connectivity index (χ0n) is 23.8. The average Bonchev–Trinajstić information content (AvgIpc) is 3.62. The smallest absolute Gasteiger partial charge is 0.497 e. The molecule has 2 aliphatic carbocycles. The second kappa shape index (κ2) is 10.7. The van der Waals surface area contributed by atoms with E-state index in [0.717, 1.165) is 53.0 Å². The van der Waals surface area contributed by atoms with Crippen LogP contribution in [0.25, 0.3) is 10.2 Å². The number of rotatable bonds is 7. The van der Waals surface area contributed by atoms with E-state index in [9.17, 15) is 19.2 Å². The van der Waals surface area contributed by atoms with E-state index >= 15 is 0 Å². The minimum absolute atomic E-state index is 0.125. The topological polar surface area (TPSA) is 143 Å². The molecule has 43 heavy (non-hydrogen) atoms. The number of ether oxygens (including phenoxy) is 2. The van der Waals surface area contributed by atoms with Crippen molar-refractivity contribution in [3.63, 3.8) is 0 Å². The lowest BCUT2D eigenvalue weighted by Crippen LogP contribution is -2.52. The number of carbonyl (C=O) groups excluding carboxylic acids is 4. The van der Waals surface area contributed by atoms with Gasteiger partial charge in [-0.25, -0.2) is 9.97 Å². The molecule has 7 rings (SSSR count). The van der Waals surface area contributed by atoms with Crippen LogP contribution in [0.5, 0.6) is 11.5 Å². The van der Waals surface area contributed by atoms with Gasteiger partial charge in [0.25, 0.3) is 5.91 Å². The Morgan fingerprint density at radius 3 is 2.63 bits per heavy atom. The minimum Gasteiger partial charge on any atom is -0.497 e. The minimum atomic E-state index is -0.729. The number of urea groups is 1. The maximum atomic E-state index is 13.5. The van der Waals surface area contributed by atoms with Crippen LogP contribution in [0, 0.1) is 5.92 Å². The molecule has 2 aromatic heterocycles. The number of anilines is 1. The highest BCUT2D eigenvalue weighted by Gasteiger charge is 2.41. The summed E-state index contributed by atoms with van der Waals surface area (Å²) in [5, 5.41) is 5.92. The molecule has 0 radical (unpaired) electrons. The van der Waals surface area contributed by atoms with E-state index in [4.69, 9.17) is 14.5 Å². The van der Waals surface area contributed by atoms with Gasteiger partial charge in [0.05, 0.1) is 42.8 Å². The van der Waals surface area contributed by atoms with E-state index in [0.29, 0.717) is 28.6 Å². The Balaban J connectivity index is 1.14. The van der Waals surface area contributed by atoms with E-state index < -0.39 is 11.9 Å². The van der Waals surface area contributed by atoms with Crippen molar-refractivity contribution in [2.24, 2.45) is 5.92 Å². The average molecular weight is 604 g/mol. The Kier molecular flexibility index (Phi) is 6.83. The number of carbonyl (C=O) groups is 4. The highest BCUT2D eigenvalue weighted by atomic mass is 32.1. The van der Waals surface area contributed by atoms with Crippen LogP contribution < -0.4 is 20.1 Å². The van der Waals surface area contributed by atoms with Crippen molar-refractivity contribution < 1.29 is 33.2 Å². The molecule has 1 unspecified atom stereocenters. The first-order chi connectivity index (χ1) is 20.8. The van der Waals surface area contributed by atoms with Crippen LogP contribution in [-0.4, -0.2) is 75.2 Å². The summed E-state index contributed by atoms with van der Waals surface area (Å²) in [6.45, 7) is 0.125. The zero-order valence-corrected chi connectivity index (χ0v) is 24.7. The lowest BCUT2D eigenvalue weighted by Gasteiger charge is -2.29. The summed E-state index contributed by atoms with van der Waals surface area (Å²) >= 11 is 1.51. The summed E-state index contributed by atoms with van der Waals surface area (Å²) in [6.07, 6.45) is 5.77. The quantitative estimate of drug-likeness (QED) is 0.238. The third-order valence-corrected chi connectivity index (χ3v) is 9.50. The number of hydrogen-bond donors (Lipinski definition) is 2. The maximum absolute atomic E-state index is 13.5. The molecule has 2 N–H and O–H groups in total. The Bertz CT molecular complexity index is 1730. The molecule has 222 valence electrons. The number of hydrogen-bond acceptors (Lipinski definition) is 9. The van der Waals surface area contributed by atoms with Gasteiger partial charge in [-0.2, -0.15) is 14.7 Å². The van der Waals surface area contributed by atoms with Crippen molar-refractivity contribution in [2.45, 2.75) is 63.6 Å². The number of nitrogens with one attached hydrogen (secondary N) is 2. The van der Waals surface area contributed by atoms with Gasteiger partial charge in [0.1, 0.15) is 23.0 Å². The Labute approximate surface area is 251 Å². The molecule has 4 aliphatic rings. The molecule has 0 spiro atoms. The van der Waals surface area contributed by atoms with Crippen LogP contribution in [0.3, 0.4) is 0 Å². The van der Waals surface area contributed by atoms with Gasteiger partial charge in [0, 0.05) is 24.5 Å².